The van der Waals surface area contributed by atoms with Gasteiger partial charge in [0.25, 0.3) is 0 Å². The van der Waals surface area contributed by atoms with Gasteiger partial charge >= 0.3 is 0 Å². The fourth-order valence-corrected chi connectivity index (χ4v) is 1.09. The van der Waals surface area contributed by atoms with Crippen LogP contribution in [0.2, 0.25) is 0 Å². The third-order valence-electron chi connectivity index (χ3n) is 2.31. The molecule has 0 aromatic carbocycles. The average Bonchev–Trinajstić information content (AvgIpc) is 2.10. The molecule has 0 atom stereocenters. The van der Waals surface area contributed by atoms with E-state index in [1.165, 1.54) is 0 Å². The van der Waals surface area contributed by atoms with Crippen LogP contribution in [-0.2, 0) is 0 Å². The van der Waals surface area contributed by atoms with Crippen LogP contribution in [0.5, 0.6) is 0 Å². The first-order valence-corrected chi connectivity index (χ1v) is 3.68. The van der Waals surface area contributed by atoms with Gasteiger partial charge in [-0.3, -0.25) is 0 Å². The van der Waals surface area contributed by atoms with E-state index in [4.69, 9.17) is 34.4 Å². The molecule has 14 N–H and O–H groups in total. The smallest absolute Gasteiger partial charge is 0.182 e. The standard InChI is InChI=1S/C6H14N6O2/c7-3-1(13)2(14)4(8)6(11,12)5(3,9)10/h13-14H,7-12H2. The van der Waals surface area contributed by atoms with Crippen LogP contribution >= 0.6 is 0 Å². The maximum atomic E-state index is 9.28. The summed E-state index contributed by atoms with van der Waals surface area (Å²) >= 11 is 0. The van der Waals surface area contributed by atoms with E-state index < -0.39 is 34.2 Å². The van der Waals surface area contributed by atoms with Crippen molar-refractivity contribution in [3.05, 3.63) is 22.9 Å². The highest BCUT2D eigenvalue weighted by molar-refractivity contribution is 5.45. The Bertz CT molecular complexity index is 308. The van der Waals surface area contributed by atoms with Crippen LogP contribution < -0.4 is 34.4 Å². The third kappa shape index (κ3) is 0.960. The first-order valence-electron chi connectivity index (χ1n) is 3.68. The van der Waals surface area contributed by atoms with Crippen LogP contribution in [0.25, 0.3) is 0 Å². The molecule has 0 aromatic rings. The Hall–Kier alpha value is -1.48. The molecule has 0 heterocycles. The number of rotatable bonds is 0. The normalized spacial score (nSPS) is 25.4. The molecular formula is C6H14N6O2. The number of aliphatic hydroxyl groups excluding tert-OH is 2. The van der Waals surface area contributed by atoms with Gasteiger partial charge in [0.15, 0.2) is 11.5 Å². The zero-order valence-corrected chi connectivity index (χ0v) is 7.36. The Morgan fingerprint density at radius 3 is 1.14 bits per heavy atom. The number of aliphatic hydroxyl groups is 2. The van der Waals surface area contributed by atoms with Crippen LogP contribution in [0.15, 0.2) is 22.9 Å². The van der Waals surface area contributed by atoms with E-state index in [1.807, 2.05) is 0 Å². The van der Waals surface area contributed by atoms with E-state index >= 15 is 0 Å². The summed E-state index contributed by atoms with van der Waals surface area (Å²) in [7, 11) is 0. The number of hydrogen-bond donors (Lipinski definition) is 8. The molecule has 8 nitrogen and oxygen atoms in total. The van der Waals surface area contributed by atoms with Crippen molar-refractivity contribution in [2.24, 2.45) is 34.4 Å². The van der Waals surface area contributed by atoms with Crippen molar-refractivity contribution >= 4 is 0 Å². The van der Waals surface area contributed by atoms with Crippen molar-refractivity contribution in [1.29, 1.82) is 0 Å². The fourth-order valence-electron chi connectivity index (χ4n) is 1.09. The van der Waals surface area contributed by atoms with Crippen LogP contribution in [0, 0.1) is 0 Å². The van der Waals surface area contributed by atoms with Crippen LogP contribution in [0.1, 0.15) is 0 Å². The van der Waals surface area contributed by atoms with Gasteiger partial charge in [-0.1, -0.05) is 0 Å². The van der Waals surface area contributed by atoms with Gasteiger partial charge in [0.1, 0.15) is 11.3 Å². The van der Waals surface area contributed by atoms with Gasteiger partial charge < -0.3 is 44.6 Å². The quantitative estimate of drug-likeness (QED) is 0.187. The molecule has 1 aliphatic rings. The lowest BCUT2D eigenvalue weighted by atomic mass is 9.84. The molecule has 80 valence electrons. The summed E-state index contributed by atoms with van der Waals surface area (Å²) in [5.74, 6) is -1.42. The molecule has 0 spiro atoms. The maximum Gasteiger partial charge on any atom is 0.182 e. The van der Waals surface area contributed by atoms with Gasteiger partial charge in [-0.25, -0.2) is 0 Å². The molecule has 0 amide bonds. The molecule has 0 fully saturated rings. The number of nitrogens with two attached hydrogens (primary N) is 6. The molecule has 0 aromatic heterocycles. The molecule has 0 aliphatic heterocycles. The van der Waals surface area contributed by atoms with Gasteiger partial charge in [-0.05, 0) is 0 Å². The molecule has 14 heavy (non-hydrogen) atoms. The second-order valence-electron chi connectivity index (χ2n) is 3.26. The summed E-state index contributed by atoms with van der Waals surface area (Å²) in [6.07, 6.45) is 0. The lowest BCUT2D eigenvalue weighted by Crippen LogP contribution is -2.80. The highest BCUT2D eigenvalue weighted by Crippen LogP contribution is 2.29. The highest BCUT2D eigenvalue weighted by atomic mass is 16.3. The second kappa shape index (κ2) is 2.51. The average molecular weight is 202 g/mol. The Morgan fingerprint density at radius 1 is 0.714 bits per heavy atom. The number of hydrogen-bond acceptors (Lipinski definition) is 8. The summed E-state index contributed by atoms with van der Waals surface area (Å²) in [5, 5.41) is 18.6. The third-order valence-corrected chi connectivity index (χ3v) is 2.31. The van der Waals surface area contributed by atoms with Gasteiger partial charge in [-0.2, -0.15) is 0 Å². The summed E-state index contributed by atoms with van der Waals surface area (Å²) in [6, 6.07) is 0. The van der Waals surface area contributed by atoms with Crippen LogP contribution in [0.3, 0.4) is 0 Å². The topological polar surface area (TPSA) is 197 Å². The Labute approximate surface area is 79.8 Å². The van der Waals surface area contributed by atoms with Crippen molar-refractivity contribution in [3.63, 3.8) is 0 Å². The largest absolute Gasteiger partial charge is 0.503 e. The predicted octanol–water partition coefficient (Wildman–Crippen LogP) is -3.32. The molecule has 0 radical (unpaired) electrons. The van der Waals surface area contributed by atoms with Gasteiger partial charge in [0, 0.05) is 0 Å². The van der Waals surface area contributed by atoms with E-state index in [0.29, 0.717) is 0 Å². The molecule has 1 rings (SSSR count). The van der Waals surface area contributed by atoms with Crippen LogP contribution in [-0.4, -0.2) is 21.5 Å². The van der Waals surface area contributed by atoms with Crippen molar-refractivity contribution in [2.45, 2.75) is 11.3 Å². The lowest BCUT2D eigenvalue weighted by Gasteiger charge is -2.43. The summed E-state index contributed by atoms with van der Waals surface area (Å²) < 4.78 is 0. The zero-order chi connectivity index (χ0) is 11.3. The fraction of sp³-hybridized carbons (Fsp3) is 0.333. The van der Waals surface area contributed by atoms with Gasteiger partial charge in [0.05, 0.1) is 11.4 Å². The lowest BCUT2D eigenvalue weighted by molar-refractivity contribution is 0.233. The van der Waals surface area contributed by atoms with Gasteiger partial charge in [-0.15, -0.1) is 0 Å². The predicted molar refractivity (Wildman–Crippen MR) is 49.9 cm³/mol. The first-order chi connectivity index (χ1) is 6.14. The molecule has 0 unspecified atom stereocenters. The minimum absolute atomic E-state index is 0.422. The Balaban J connectivity index is 3.48. The summed E-state index contributed by atoms with van der Waals surface area (Å²) in [4.78, 5) is 0. The van der Waals surface area contributed by atoms with Crippen molar-refractivity contribution in [3.8, 4) is 0 Å². The molecule has 1 aliphatic carbocycles. The van der Waals surface area contributed by atoms with E-state index in [-0.39, 0.29) is 0 Å². The Morgan fingerprint density at radius 2 is 0.929 bits per heavy atom. The van der Waals surface area contributed by atoms with Crippen molar-refractivity contribution < 1.29 is 10.2 Å². The first kappa shape index (κ1) is 10.6. The molecule has 0 saturated carbocycles. The van der Waals surface area contributed by atoms with Crippen molar-refractivity contribution in [2.75, 3.05) is 0 Å². The monoisotopic (exact) mass is 202 g/mol. The SMILES string of the molecule is NC1=C(O)C(O)=C(N)C(N)(N)C1(N)N. The summed E-state index contributed by atoms with van der Waals surface area (Å²) in [6.45, 7) is 0. The molecule has 8 heteroatoms. The highest BCUT2D eigenvalue weighted by Gasteiger charge is 2.51. The van der Waals surface area contributed by atoms with E-state index in [2.05, 4.69) is 0 Å². The van der Waals surface area contributed by atoms with Crippen molar-refractivity contribution in [1.82, 2.24) is 0 Å². The summed E-state index contributed by atoms with van der Waals surface area (Å²) in [5.41, 5.74) is 28.0. The van der Waals surface area contributed by atoms with E-state index in [1.54, 1.807) is 0 Å². The maximum absolute atomic E-state index is 9.28. The minimum Gasteiger partial charge on any atom is -0.503 e. The van der Waals surface area contributed by atoms with E-state index in [9.17, 15) is 10.2 Å². The van der Waals surface area contributed by atoms with Crippen LogP contribution in [0.4, 0.5) is 0 Å². The molecule has 0 saturated heterocycles. The van der Waals surface area contributed by atoms with E-state index in [0.717, 1.165) is 0 Å². The minimum atomic E-state index is -1.92. The molecule has 0 bridgehead atoms. The zero-order valence-electron chi connectivity index (χ0n) is 7.36. The Kier molecular flexibility index (Phi) is 1.90. The molecular weight excluding hydrogens is 188 g/mol. The second-order valence-corrected chi connectivity index (χ2v) is 3.26. The van der Waals surface area contributed by atoms with Gasteiger partial charge in [0.2, 0.25) is 0 Å².